The van der Waals surface area contributed by atoms with E-state index in [0.717, 1.165) is 0 Å². The lowest BCUT2D eigenvalue weighted by molar-refractivity contribution is 0.225. The van der Waals surface area contributed by atoms with Crippen LogP contribution in [0.1, 0.15) is 0 Å². The summed E-state index contributed by atoms with van der Waals surface area (Å²) in [5, 5.41) is 0. The van der Waals surface area contributed by atoms with Crippen LogP contribution in [0.2, 0.25) is 0 Å². The Labute approximate surface area is 303 Å². The number of para-hydroxylation sites is 1. The van der Waals surface area contributed by atoms with Crippen molar-refractivity contribution in [1.82, 2.24) is 0 Å². The first-order valence-electron chi connectivity index (χ1n) is 14.4. The number of nitrogens with zero attached hydrogens (tertiary/aromatic N) is 1. The first-order chi connectivity index (χ1) is 26.4. The second kappa shape index (κ2) is 16.2. The molecule has 0 saturated heterocycles. The van der Waals surface area contributed by atoms with Crippen molar-refractivity contribution in [3.63, 3.8) is 0 Å². The summed E-state index contributed by atoms with van der Waals surface area (Å²) in [5.74, 6) is -75.6. The summed E-state index contributed by atoms with van der Waals surface area (Å²) in [6, 6.07) is 10.3. The first-order valence-corrected chi connectivity index (χ1v) is 14.4. The third-order valence-electron chi connectivity index (χ3n) is 7.20. The van der Waals surface area contributed by atoms with Gasteiger partial charge in [-0.1, -0.05) is 18.2 Å². The Kier molecular flexibility index (Phi) is 12.4. The van der Waals surface area contributed by atoms with E-state index in [1.807, 2.05) is 32.3 Å². The molecule has 5 aromatic carbocycles. The summed E-state index contributed by atoms with van der Waals surface area (Å²) in [7, 11) is 4.07. The van der Waals surface area contributed by atoms with E-state index >= 15 is 8.78 Å². The second-order valence-electron chi connectivity index (χ2n) is 10.9. The van der Waals surface area contributed by atoms with Gasteiger partial charge in [0.1, 0.15) is 11.6 Å². The number of halogens is 20. The molecule has 0 N–H and O–H groups in total. The summed E-state index contributed by atoms with van der Waals surface area (Å²) in [4.78, 5) is 2.08. The Morgan fingerprint density at radius 3 is 0.737 bits per heavy atom. The largest absolute Gasteiger partial charge is 0.641 e. The monoisotopic (exact) mass is 848 g/mol. The molecule has 25 heteroatoms. The summed E-state index contributed by atoms with van der Waals surface area (Å²) >= 11 is 0. The lowest BCUT2D eigenvalue weighted by Crippen LogP contribution is -2.67. The lowest BCUT2D eigenvalue weighted by atomic mass is 9.67. The van der Waals surface area contributed by atoms with Gasteiger partial charge in [0, 0.05) is 25.2 Å². The zero-order valence-electron chi connectivity index (χ0n) is 27.2. The molecule has 5 aromatic rings. The third kappa shape index (κ3) is 7.60. The quantitative estimate of drug-likeness (QED) is 0.0675. The van der Waals surface area contributed by atoms with E-state index in [1.54, 1.807) is 0 Å². The molecule has 0 radical (unpaired) electrons. The van der Waals surface area contributed by atoms with Crippen molar-refractivity contribution in [3.05, 3.63) is 147 Å². The maximum atomic E-state index is 15.1. The predicted molar refractivity (Wildman–Crippen MR) is 153 cm³/mol. The molecular weight excluding hydrogens is 837 g/mol. The standard InChI is InChI=1S/C24BF20O3.C8H11N/c26-2-1(3(27)5(29)6(30)4(2)28)25(46-22-16(40)10(34)7(31)11(35)17(22)41,47-23-18(42)12(36)8(32)13(37)19(23)43)48-24-20(44)14(38)9(33)15(39)21(24)45;1-9(2)8-6-4-3-5-7-8/h;3-7H,1-2H3/q-1;. The van der Waals surface area contributed by atoms with E-state index in [1.165, 1.54) is 5.69 Å². The van der Waals surface area contributed by atoms with Gasteiger partial charge in [-0.2, -0.15) is 26.3 Å². The van der Waals surface area contributed by atoms with Crippen molar-refractivity contribution in [2.45, 2.75) is 0 Å². The van der Waals surface area contributed by atoms with Crippen LogP contribution in [0, 0.1) is 116 Å². The zero-order chi connectivity index (χ0) is 43.2. The fraction of sp³-hybridized carbons (Fsp3) is 0.0625. The molecule has 57 heavy (non-hydrogen) atoms. The number of hydrogen-bond acceptors (Lipinski definition) is 4. The van der Waals surface area contributed by atoms with E-state index in [-0.39, 0.29) is 0 Å². The van der Waals surface area contributed by atoms with Crippen LogP contribution in [0.5, 0.6) is 17.2 Å². The van der Waals surface area contributed by atoms with Crippen LogP contribution >= 0.6 is 0 Å². The molecule has 0 unspecified atom stereocenters. The van der Waals surface area contributed by atoms with Gasteiger partial charge in [0.05, 0.1) is 0 Å². The Balaban J connectivity index is 0.000000702. The summed E-state index contributed by atoms with van der Waals surface area (Å²) < 4.78 is 297. The van der Waals surface area contributed by atoms with E-state index in [2.05, 4.69) is 31.0 Å². The predicted octanol–water partition coefficient (Wildman–Crippen LogP) is 9.60. The minimum atomic E-state index is -6.89. The summed E-state index contributed by atoms with van der Waals surface area (Å²) in [6.07, 6.45) is 0. The van der Waals surface area contributed by atoms with Crippen molar-refractivity contribution in [2.75, 3.05) is 19.0 Å². The van der Waals surface area contributed by atoms with Crippen molar-refractivity contribution >= 4 is 17.9 Å². The molecule has 5 rings (SSSR count). The van der Waals surface area contributed by atoms with E-state index in [0.29, 0.717) is 0 Å². The van der Waals surface area contributed by atoms with E-state index in [4.69, 9.17) is 0 Å². The number of rotatable bonds is 8. The zero-order valence-corrected chi connectivity index (χ0v) is 27.2. The molecule has 306 valence electrons. The van der Waals surface area contributed by atoms with Crippen molar-refractivity contribution < 1.29 is 102 Å². The van der Waals surface area contributed by atoms with Gasteiger partial charge in [0.25, 0.3) is 0 Å². The SMILES string of the molecule is CN(C)c1ccccc1.Fc1c(F)c(F)c(O[B-](Oc2c(F)c(F)c(F)c(F)c2F)(Oc2c(F)c(F)c(F)c(F)c2F)c2c(F)c(F)c(F)c(F)c2F)c(F)c1F. The van der Waals surface area contributed by atoms with Gasteiger partial charge in [-0.3, -0.25) is 0 Å². The van der Waals surface area contributed by atoms with Crippen molar-refractivity contribution in [1.29, 1.82) is 0 Å². The van der Waals surface area contributed by atoms with Gasteiger partial charge in [-0.25, -0.2) is 61.5 Å². The summed E-state index contributed by atoms with van der Waals surface area (Å²) in [6.45, 7) is -6.89. The molecule has 4 nitrogen and oxygen atoms in total. The fourth-order valence-corrected chi connectivity index (χ4v) is 4.44. The second-order valence-corrected chi connectivity index (χ2v) is 10.9. The minimum absolute atomic E-state index is 1.25. The first kappa shape index (κ1) is 43.7. The van der Waals surface area contributed by atoms with Crippen LogP contribution in [0.3, 0.4) is 0 Å². The lowest BCUT2D eigenvalue weighted by Gasteiger charge is -2.43. The molecule has 0 aliphatic heterocycles. The average Bonchev–Trinajstić information content (AvgIpc) is 3.20. The highest BCUT2D eigenvalue weighted by Gasteiger charge is 2.51. The maximum absolute atomic E-state index is 15.1. The highest BCUT2D eigenvalue weighted by atomic mass is 19.2. The highest BCUT2D eigenvalue weighted by molar-refractivity contribution is 6.77. The Morgan fingerprint density at radius 2 is 0.526 bits per heavy atom. The van der Waals surface area contributed by atoms with Gasteiger partial charge in [0.2, 0.25) is 87.3 Å². The summed E-state index contributed by atoms with van der Waals surface area (Å²) in [5.41, 5.74) is -2.11. The van der Waals surface area contributed by atoms with Crippen LogP contribution in [0.25, 0.3) is 0 Å². The van der Waals surface area contributed by atoms with Gasteiger partial charge in [0.15, 0.2) is 34.7 Å². The molecule has 0 spiro atoms. The van der Waals surface area contributed by atoms with Crippen molar-refractivity contribution in [3.8, 4) is 17.2 Å². The maximum Gasteiger partial charge on any atom is 0.587 e. The number of anilines is 1. The molecule has 0 saturated carbocycles. The van der Waals surface area contributed by atoms with Crippen LogP contribution < -0.4 is 24.3 Å². The normalized spacial score (nSPS) is 11.3. The number of hydrogen-bond donors (Lipinski definition) is 0. The van der Waals surface area contributed by atoms with Gasteiger partial charge >= 0.3 is 6.75 Å². The number of benzene rings is 5. The molecule has 0 bridgehead atoms. The molecule has 0 aliphatic carbocycles. The average molecular weight is 848 g/mol. The van der Waals surface area contributed by atoms with Crippen LogP contribution in [0.4, 0.5) is 93.5 Å². The fourth-order valence-electron chi connectivity index (χ4n) is 4.44. The smallest absolute Gasteiger partial charge is 0.587 e. The van der Waals surface area contributed by atoms with E-state index in [9.17, 15) is 79.0 Å². The van der Waals surface area contributed by atoms with E-state index < -0.39 is 146 Å². The Bertz CT molecular complexity index is 2110. The molecule has 0 atom stereocenters. The molecule has 0 aromatic heterocycles. The van der Waals surface area contributed by atoms with Gasteiger partial charge < -0.3 is 18.9 Å². The molecule has 0 aliphatic rings. The van der Waals surface area contributed by atoms with Crippen molar-refractivity contribution in [2.24, 2.45) is 0 Å². The topological polar surface area (TPSA) is 30.9 Å². The van der Waals surface area contributed by atoms with Gasteiger partial charge in [-0.05, 0) is 12.1 Å². The molecular formula is C32H11BF20NO3-. The van der Waals surface area contributed by atoms with Crippen LogP contribution in [0.15, 0.2) is 30.3 Å². The molecule has 0 fully saturated rings. The molecule has 0 heterocycles. The van der Waals surface area contributed by atoms with Gasteiger partial charge in [-0.15, -0.1) is 0 Å². The Morgan fingerprint density at radius 1 is 0.316 bits per heavy atom. The third-order valence-corrected chi connectivity index (χ3v) is 7.20. The highest BCUT2D eigenvalue weighted by Crippen LogP contribution is 2.39. The molecule has 0 amide bonds. The Hall–Kier alpha value is -6.04. The van der Waals surface area contributed by atoms with Crippen LogP contribution in [-0.2, 0) is 0 Å². The minimum Gasteiger partial charge on any atom is -0.641 e. The van der Waals surface area contributed by atoms with Crippen LogP contribution in [-0.4, -0.2) is 20.8 Å².